The second kappa shape index (κ2) is 9.89. The molecule has 2 aliphatic rings. The molecular formula is C30H38N6O. The van der Waals surface area contributed by atoms with Gasteiger partial charge in [-0.1, -0.05) is 32.9 Å². The molecule has 37 heavy (non-hydrogen) atoms. The largest absolute Gasteiger partial charge is 0.372 e. The minimum Gasteiger partial charge on any atom is -0.372 e. The Kier molecular flexibility index (Phi) is 6.79. The van der Waals surface area contributed by atoms with Gasteiger partial charge in [0.05, 0.1) is 11.4 Å². The molecule has 2 unspecified atom stereocenters. The third-order valence-corrected chi connectivity index (χ3v) is 7.44. The third-order valence-electron chi connectivity index (χ3n) is 7.44. The molecule has 3 heterocycles. The van der Waals surface area contributed by atoms with E-state index in [1.807, 2.05) is 23.3 Å². The summed E-state index contributed by atoms with van der Waals surface area (Å²) in [7, 11) is 4.33. The van der Waals surface area contributed by atoms with E-state index in [1.54, 1.807) is 12.3 Å². The zero-order chi connectivity index (χ0) is 26.3. The number of nitrogens with one attached hydrogen (secondary N) is 1. The van der Waals surface area contributed by atoms with Gasteiger partial charge < -0.3 is 15.3 Å². The lowest BCUT2D eigenvalue weighted by atomic mass is 9.87. The van der Waals surface area contributed by atoms with Gasteiger partial charge in [-0.2, -0.15) is 5.01 Å². The van der Waals surface area contributed by atoms with Crippen LogP contribution in [0.1, 0.15) is 55.8 Å². The number of benzene rings is 1. The molecule has 3 aromatic rings. The van der Waals surface area contributed by atoms with Crippen LogP contribution in [0.2, 0.25) is 0 Å². The van der Waals surface area contributed by atoms with Crippen molar-refractivity contribution >= 4 is 22.9 Å². The number of fused-ring (bicyclic) bond motifs is 2. The van der Waals surface area contributed by atoms with E-state index in [0.29, 0.717) is 12.6 Å². The Balaban J connectivity index is 1.47. The lowest BCUT2D eigenvalue weighted by Gasteiger charge is -2.32. The fourth-order valence-electron chi connectivity index (χ4n) is 5.28. The summed E-state index contributed by atoms with van der Waals surface area (Å²) in [6, 6.07) is 13.3. The Morgan fingerprint density at radius 2 is 1.95 bits per heavy atom. The van der Waals surface area contributed by atoms with Crippen LogP contribution in [-0.4, -0.2) is 51.7 Å². The fraction of sp³-hybridized carbons (Fsp3) is 0.400. The molecule has 0 radical (unpaired) electrons. The molecule has 0 saturated heterocycles. The van der Waals surface area contributed by atoms with Crippen molar-refractivity contribution in [3.63, 3.8) is 0 Å². The quantitative estimate of drug-likeness (QED) is 0.436. The van der Waals surface area contributed by atoms with Crippen molar-refractivity contribution in [3.8, 4) is 0 Å². The Labute approximate surface area is 220 Å². The summed E-state index contributed by atoms with van der Waals surface area (Å²) in [4.78, 5) is 11.6. The molecule has 0 fully saturated rings. The SMILES string of the molecule is C=CCN1C(O)c2cnc(Nc3ccc4c(c3)CCC(N(C)C)C4)cc2N1c1ccnc(C(C)(C)C)c1. The van der Waals surface area contributed by atoms with Crippen molar-refractivity contribution in [2.24, 2.45) is 0 Å². The maximum absolute atomic E-state index is 11.2. The standard InChI is InChI=1S/C30H38N6O/c1-7-14-35-29(37)25-19-32-28(18-26(25)36(35)24-12-13-31-27(17-24)30(2,3)4)33-22-10-8-21-16-23(34(5)6)11-9-20(21)15-22/h7-8,10,12-13,15,17-19,23,29,37H,1,9,11,14,16H2,2-6H3,(H,32,33). The maximum Gasteiger partial charge on any atom is 0.154 e. The maximum atomic E-state index is 11.2. The van der Waals surface area contributed by atoms with Crippen LogP contribution in [-0.2, 0) is 18.3 Å². The van der Waals surface area contributed by atoms with Crippen molar-refractivity contribution in [1.82, 2.24) is 19.9 Å². The smallest absolute Gasteiger partial charge is 0.154 e. The molecule has 194 valence electrons. The number of aliphatic hydroxyl groups is 1. The van der Waals surface area contributed by atoms with Crippen LogP contribution in [0, 0.1) is 0 Å². The summed E-state index contributed by atoms with van der Waals surface area (Å²) in [5.41, 5.74) is 7.37. The second-order valence-electron chi connectivity index (χ2n) is 11.3. The van der Waals surface area contributed by atoms with Crippen molar-refractivity contribution in [1.29, 1.82) is 0 Å². The number of nitrogens with zero attached hydrogens (tertiary/aromatic N) is 5. The molecule has 0 saturated carbocycles. The van der Waals surface area contributed by atoms with Gasteiger partial charge >= 0.3 is 0 Å². The predicted octanol–water partition coefficient (Wildman–Crippen LogP) is 5.48. The molecule has 1 aliphatic heterocycles. The number of anilines is 4. The molecule has 1 aliphatic carbocycles. The Bertz CT molecular complexity index is 1300. The average molecular weight is 499 g/mol. The van der Waals surface area contributed by atoms with E-state index in [2.05, 4.69) is 90.9 Å². The Morgan fingerprint density at radius 3 is 2.68 bits per heavy atom. The minimum absolute atomic E-state index is 0.0928. The van der Waals surface area contributed by atoms with Crippen molar-refractivity contribution in [2.45, 2.75) is 57.7 Å². The van der Waals surface area contributed by atoms with E-state index >= 15 is 0 Å². The zero-order valence-corrected chi connectivity index (χ0v) is 22.6. The molecule has 2 atom stereocenters. The summed E-state index contributed by atoms with van der Waals surface area (Å²) >= 11 is 0. The van der Waals surface area contributed by atoms with Crippen LogP contribution >= 0.6 is 0 Å². The highest BCUT2D eigenvalue weighted by Gasteiger charge is 2.37. The van der Waals surface area contributed by atoms with Gasteiger partial charge in [0.2, 0.25) is 0 Å². The number of hydrogen-bond donors (Lipinski definition) is 2. The zero-order valence-electron chi connectivity index (χ0n) is 22.6. The van der Waals surface area contributed by atoms with Crippen LogP contribution in [0.5, 0.6) is 0 Å². The number of hydrogen-bond acceptors (Lipinski definition) is 7. The number of aryl methyl sites for hydroxylation is 1. The molecule has 0 bridgehead atoms. The number of pyridine rings is 2. The van der Waals surface area contributed by atoms with E-state index in [1.165, 1.54) is 17.5 Å². The highest BCUT2D eigenvalue weighted by molar-refractivity contribution is 5.73. The van der Waals surface area contributed by atoms with Gasteiger partial charge in [-0.05, 0) is 68.8 Å². The van der Waals surface area contributed by atoms with Crippen LogP contribution in [0.4, 0.5) is 22.9 Å². The molecule has 5 rings (SSSR count). The first kappa shape index (κ1) is 25.4. The van der Waals surface area contributed by atoms with Gasteiger partial charge in [0.1, 0.15) is 5.82 Å². The highest BCUT2D eigenvalue weighted by Crippen LogP contribution is 2.44. The van der Waals surface area contributed by atoms with Gasteiger partial charge in [-0.15, -0.1) is 6.58 Å². The Morgan fingerprint density at radius 1 is 1.14 bits per heavy atom. The number of aromatic nitrogens is 2. The van der Waals surface area contributed by atoms with E-state index in [4.69, 9.17) is 0 Å². The molecule has 1 aromatic carbocycles. The van der Waals surface area contributed by atoms with Crippen molar-refractivity contribution in [3.05, 3.63) is 83.8 Å². The normalized spacial score (nSPS) is 19.6. The summed E-state index contributed by atoms with van der Waals surface area (Å²) in [6.07, 6.45) is 7.94. The van der Waals surface area contributed by atoms with Gasteiger partial charge in [-0.3, -0.25) is 9.99 Å². The van der Waals surface area contributed by atoms with E-state index in [0.717, 1.165) is 47.0 Å². The lowest BCUT2D eigenvalue weighted by molar-refractivity contribution is 0.0251. The number of rotatable bonds is 6. The first-order valence-corrected chi connectivity index (χ1v) is 13.0. The summed E-state index contributed by atoms with van der Waals surface area (Å²) in [5, 5.41) is 18.6. The third kappa shape index (κ3) is 4.99. The first-order chi connectivity index (χ1) is 17.7. The summed E-state index contributed by atoms with van der Waals surface area (Å²) < 4.78 is 0. The highest BCUT2D eigenvalue weighted by atomic mass is 16.3. The first-order valence-electron chi connectivity index (χ1n) is 13.0. The average Bonchev–Trinajstić information content (AvgIpc) is 3.14. The second-order valence-corrected chi connectivity index (χ2v) is 11.3. The van der Waals surface area contributed by atoms with Gasteiger partial charge in [0, 0.05) is 53.4 Å². The minimum atomic E-state index is -0.811. The van der Waals surface area contributed by atoms with Crippen molar-refractivity contribution in [2.75, 3.05) is 31.0 Å². The molecule has 7 nitrogen and oxygen atoms in total. The summed E-state index contributed by atoms with van der Waals surface area (Å²) in [6.45, 7) is 10.9. The number of aliphatic hydroxyl groups excluding tert-OH is 1. The monoisotopic (exact) mass is 498 g/mol. The summed E-state index contributed by atoms with van der Waals surface area (Å²) in [5.74, 6) is 0.739. The number of hydrazine groups is 1. The van der Waals surface area contributed by atoms with Crippen LogP contribution in [0.15, 0.2) is 61.4 Å². The van der Waals surface area contributed by atoms with E-state index < -0.39 is 6.23 Å². The van der Waals surface area contributed by atoms with Crippen molar-refractivity contribution < 1.29 is 5.11 Å². The molecule has 2 N–H and O–H groups in total. The fourth-order valence-corrected chi connectivity index (χ4v) is 5.28. The van der Waals surface area contributed by atoms with Crippen LogP contribution in [0.25, 0.3) is 0 Å². The molecule has 7 heteroatoms. The molecular weight excluding hydrogens is 460 g/mol. The lowest BCUT2D eigenvalue weighted by Crippen LogP contribution is -2.36. The van der Waals surface area contributed by atoms with Gasteiger partial charge in [0.25, 0.3) is 0 Å². The van der Waals surface area contributed by atoms with Gasteiger partial charge in [0.15, 0.2) is 6.23 Å². The molecule has 2 aromatic heterocycles. The van der Waals surface area contributed by atoms with Crippen LogP contribution < -0.4 is 10.3 Å². The van der Waals surface area contributed by atoms with E-state index in [-0.39, 0.29) is 5.41 Å². The number of likely N-dealkylation sites (N-methyl/N-ethyl adjacent to an activating group) is 1. The molecule has 0 spiro atoms. The predicted molar refractivity (Wildman–Crippen MR) is 150 cm³/mol. The van der Waals surface area contributed by atoms with Gasteiger partial charge in [-0.25, -0.2) is 4.98 Å². The van der Waals surface area contributed by atoms with E-state index in [9.17, 15) is 5.11 Å². The Hall–Kier alpha value is -3.26. The molecule has 0 amide bonds. The topological polar surface area (TPSA) is 67.8 Å². The van der Waals surface area contributed by atoms with Crippen LogP contribution in [0.3, 0.4) is 0 Å².